The Hall–Kier alpha value is -0.770. The first-order valence-electron chi connectivity index (χ1n) is 7.98. The predicted molar refractivity (Wildman–Crippen MR) is 102 cm³/mol. The Labute approximate surface area is 164 Å². The Kier molecular flexibility index (Phi) is 7.23. The van der Waals surface area contributed by atoms with Crippen LogP contribution in [0.25, 0.3) is 0 Å². The third-order valence-corrected chi connectivity index (χ3v) is 6.01. The molecule has 0 spiro atoms. The molecule has 0 aliphatic carbocycles. The van der Waals surface area contributed by atoms with Gasteiger partial charge in [-0.25, -0.2) is 13.8 Å². The largest absolute Gasteiger partial charge is 0.598 e. The van der Waals surface area contributed by atoms with Crippen molar-refractivity contribution in [3.8, 4) is 0 Å². The third kappa shape index (κ3) is 5.37. The van der Waals surface area contributed by atoms with Crippen molar-refractivity contribution in [2.75, 3.05) is 6.67 Å². The summed E-state index contributed by atoms with van der Waals surface area (Å²) in [5, 5.41) is 9.23. The second-order valence-corrected chi connectivity index (χ2v) is 10.9. The van der Waals surface area contributed by atoms with Crippen molar-refractivity contribution >= 4 is 33.3 Å². The number of alkyl halides is 1. The highest BCUT2D eigenvalue weighted by Crippen LogP contribution is 2.35. The molecule has 1 aromatic rings. The quantitative estimate of drug-likeness (QED) is 0.501. The minimum Gasteiger partial charge on any atom is -0.598 e. The van der Waals surface area contributed by atoms with Gasteiger partial charge in [0.15, 0.2) is 0 Å². The number of aromatic nitrogens is 1. The first kappa shape index (κ1) is 23.3. The monoisotopic (exact) mass is 454 g/mol. The van der Waals surface area contributed by atoms with Crippen LogP contribution in [0.1, 0.15) is 59.2 Å². The third-order valence-electron chi connectivity index (χ3n) is 3.72. The molecule has 0 aliphatic rings. The number of hydrogen-bond donors (Lipinski definition) is 2. The highest BCUT2D eigenvalue weighted by molar-refractivity contribution is 9.10. The zero-order chi connectivity index (χ0) is 20.5. The summed E-state index contributed by atoms with van der Waals surface area (Å²) in [5.74, 6) is -2.21. The van der Waals surface area contributed by atoms with Crippen molar-refractivity contribution < 1.29 is 23.2 Å². The lowest BCUT2D eigenvalue weighted by Gasteiger charge is -2.35. The van der Waals surface area contributed by atoms with Gasteiger partial charge in [0.2, 0.25) is 0 Å². The van der Waals surface area contributed by atoms with Crippen LogP contribution in [-0.2, 0) is 27.1 Å². The minimum atomic E-state index is -2.05. The topological polar surface area (TPSA) is 85.3 Å². The van der Waals surface area contributed by atoms with Gasteiger partial charge in [-0.3, -0.25) is 4.79 Å². The molecule has 5 nitrogen and oxygen atoms in total. The number of nitrogens with zero attached hydrogens (tertiary/aromatic N) is 1. The van der Waals surface area contributed by atoms with Crippen molar-refractivity contribution in [3.05, 3.63) is 27.7 Å². The molecule has 1 rings (SSSR count). The van der Waals surface area contributed by atoms with Gasteiger partial charge in [-0.2, -0.15) is 0 Å². The van der Waals surface area contributed by atoms with Gasteiger partial charge in [-0.15, -0.1) is 4.72 Å². The standard InChI is InChI=1S/C17H25BrF2N2O3S/c1-15(2,3)10-7-11(20)13(21-14(10)18)17(9-19,8-12(23)24)22-26(25)16(4,5)6/h7,22H,8-9H2,1-6H3,(H,23,24). The van der Waals surface area contributed by atoms with E-state index in [1.54, 1.807) is 20.8 Å². The molecule has 2 atom stereocenters. The van der Waals surface area contributed by atoms with Crippen molar-refractivity contribution in [1.29, 1.82) is 0 Å². The maximum absolute atomic E-state index is 14.9. The van der Waals surface area contributed by atoms with E-state index < -0.39 is 57.6 Å². The average molecular weight is 455 g/mol. The molecule has 2 N–H and O–H groups in total. The number of rotatable bonds is 6. The van der Waals surface area contributed by atoms with Crippen LogP contribution < -0.4 is 4.72 Å². The summed E-state index contributed by atoms with van der Waals surface area (Å²) in [6, 6.07) is 1.21. The first-order valence-corrected chi connectivity index (χ1v) is 9.93. The van der Waals surface area contributed by atoms with E-state index in [0.29, 0.717) is 5.56 Å². The van der Waals surface area contributed by atoms with Crippen LogP contribution in [0.5, 0.6) is 0 Å². The van der Waals surface area contributed by atoms with Gasteiger partial charge in [-0.05, 0) is 53.7 Å². The van der Waals surface area contributed by atoms with E-state index in [1.165, 1.54) is 6.07 Å². The number of aliphatic carboxylic acids is 1. The number of hydrogen-bond acceptors (Lipinski definition) is 4. The Morgan fingerprint density at radius 2 is 1.88 bits per heavy atom. The Morgan fingerprint density at radius 3 is 2.27 bits per heavy atom. The summed E-state index contributed by atoms with van der Waals surface area (Å²) in [6.07, 6.45) is -0.809. The average Bonchev–Trinajstić information content (AvgIpc) is 2.45. The number of halogens is 3. The Balaban J connectivity index is 3.57. The SMILES string of the molecule is CC(C)(C)c1cc(F)c(C(CF)(CC(=O)O)N[S+]([O-])C(C)(C)C)nc1Br. The van der Waals surface area contributed by atoms with Crippen molar-refractivity contribution in [2.24, 2.45) is 0 Å². The zero-order valence-electron chi connectivity index (χ0n) is 15.7. The van der Waals surface area contributed by atoms with E-state index in [-0.39, 0.29) is 4.60 Å². The molecule has 1 heterocycles. The molecular formula is C17H25BrF2N2O3S. The van der Waals surface area contributed by atoms with Crippen LogP contribution in [0.4, 0.5) is 8.78 Å². The van der Waals surface area contributed by atoms with Crippen LogP contribution in [0.3, 0.4) is 0 Å². The van der Waals surface area contributed by atoms with Crippen LogP contribution in [0.15, 0.2) is 10.7 Å². The highest BCUT2D eigenvalue weighted by Gasteiger charge is 2.46. The van der Waals surface area contributed by atoms with Crippen LogP contribution in [0, 0.1) is 5.82 Å². The van der Waals surface area contributed by atoms with Gasteiger partial charge >= 0.3 is 5.97 Å². The number of carboxylic acids is 1. The summed E-state index contributed by atoms with van der Waals surface area (Å²) in [7, 11) is 0. The Morgan fingerprint density at radius 1 is 1.35 bits per heavy atom. The van der Waals surface area contributed by atoms with E-state index >= 15 is 0 Å². The smallest absolute Gasteiger partial charge is 0.305 e. The van der Waals surface area contributed by atoms with Crippen molar-refractivity contribution in [3.63, 3.8) is 0 Å². The van der Waals surface area contributed by atoms with E-state index in [0.717, 1.165) is 0 Å². The lowest BCUT2D eigenvalue weighted by atomic mass is 9.86. The van der Waals surface area contributed by atoms with E-state index in [2.05, 4.69) is 25.6 Å². The van der Waals surface area contributed by atoms with Gasteiger partial charge in [-0.1, -0.05) is 20.8 Å². The molecule has 0 amide bonds. The molecule has 1 aromatic heterocycles. The molecule has 2 unspecified atom stereocenters. The second kappa shape index (κ2) is 8.08. The molecule has 26 heavy (non-hydrogen) atoms. The molecule has 0 aliphatic heterocycles. The number of carboxylic acid groups (broad SMARTS) is 1. The van der Waals surface area contributed by atoms with E-state index in [1.807, 2.05) is 20.8 Å². The summed E-state index contributed by atoms with van der Waals surface area (Å²) >= 11 is 1.42. The molecular weight excluding hydrogens is 430 g/mol. The summed E-state index contributed by atoms with van der Waals surface area (Å²) in [5.41, 5.74) is -2.34. The number of carbonyl (C=O) groups is 1. The summed E-state index contributed by atoms with van der Waals surface area (Å²) in [4.78, 5) is 15.4. The second-order valence-electron chi connectivity index (χ2n) is 8.18. The fourth-order valence-corrected chi connectivity index (χ4v) is 3.99. The van der Waals surface area contributed by atoms with Gasteiger partial charge in [0.1, 0.15) is 33.1 Å². The molecule has 0 saturated carbocycles. The van der Waals surface area contributed by atoms with Crippen molar-refractivity contribution in [2.45, 2.75) is 63.7 Å². The number of pyridine rings is 1. The van der Waals surface area contributed by atoms with E-state index in [9.17, 15) is 23.2 Å². The molecule has 0 aromatic carbocycles. The normalized spacial score (nSPS) is 16.2. The maximum Gasteiger partial charge on any atom is 0.305 e. The molecule has 148 valence electrons. The molecule has 0 radical (unpaired) electrons. The van der Waals surface area contributed by atoms with Crippen LogP contribution >= 0.6 is 15.9 Å². The lowest BCUT2D eigenvalue weighted by molar-refractivity contribution is -0.139. The lowest BCUT2D eigenvalue weighted by Crippen LogP contribution is -2.54. The van der Waals surface area contributed by atoms with Gasteiger partial charge in [0, 0.05) is 11.4 Å². The fraction of sp³-hybridized carbons (Fsp3) is 0.647. The molecule has 0 fully saturated rings. The Bertz CT molecular complexity index is 677. The van der Waals surface area contributed by atoms with Gasteiger partial charge < -0.3 is 9.66 Å². The summed E-state index contributed by atoms with van der Waals surface area (Å²) < 4.78 is 43.4. The highest BCUT2D eigenvalue weighted by atomic mass is 79.9. The van der Waals surface area contributed by atoms with Crippen LogP contribution in [-0.4, -0.2) is 32.0 Å². The number of nitrogens with one attached hydrogen (secondary N) is 1. The first-order chi connectivity index (χ1) is 11.6. The van der Waals surface area contributed by atoms with Crippen molar-refractivity contribution in [1.82, 2.24) is 9.71 Å². The molecule has 0 bridgehead atoms. The van der Waals surface area contributed by atoms with Gasteiger partial charge in [0.05, 0.1) is 6.42 Å². The van der Waals surface area contributed by atoms with E-state index in [4.69, 9.17) is 0 Å². The van der Waals surface area contributed by atoms with Crippen LogP contribution in [0.2, 0.25) is 0 Å². The molecule has 0 saturated heterocycles. The summed E-state index contributed by atoms with van der Waals surface area (Å²) in [6.45, 7) is 9.22. The minimum absolute atomic E-state index is 0.285. The predicted octanol–water partition coefficient (Wildman–Crippen LogP) is 3.97. The molecule has 9 heteroatoms. The van der Waals surface area contributed by atoms with Gasteiger partial charge in [0.25, 0.3) is 0 Å². The zero-order valence-corrected chi connectivity index (χ0v) is 18.1. The fourth-order valence-electron chi connectivity index (χ4n) is 2.22. The maximum atomic E-state index is 14.9.